The molecule has 2 aliphatic rings. The van der Waals surface area contributed by atoms with Crippen LogP contribution in [0.1, 0.15) is 30.9 Å². The first-order valence-corrected chi connectivity index (χ1v) is 9.12. The number of nitrogens with zero attached hydrogens (tertiary/aromatic N) is 1. The summed E-state index contributed by atoms with van der Waals surface area (Å²) in [6, 6.07) is 8.18. The lowest BCUT2D eigenvalue weighted by molar-refractivity contribution is -0.0390. The van der Waals surface area contributed by atoms with Crippen molar-refractivity contribution in [1.82, 2.24) is 10.2 Å². The van der Waals surface area contributed by atoms with Crippen molar-refractivity contribution in [1.29, 1.82) is 0 Å². The molecule has 1 aromatic carbocycles. The Morgan fingerprint density at radius 2 is 2.08 bits per heavy atom. The summed E-state index contributed by atoms with van der Waals surface area (Å²) < 4.78 is 16.8. The topological polar surface area (TPSA) is 60.0 Å². The highest BCUT2D eigenvalue weighted by Gasteiger charge is 2.21. The summed E-state index contributed by atoms with van der Waals surface area (Å²) in [5.74, 6) is 0. The van der Waals surface area contributed by atoms with Crippen molar-refractivity contribution in [2.24, 2.45) is 0 Å². The van der Waals surface area contributed by atoms with Gasteiger partial charge in [-0.1, -0.05) is 24.3 Å². The molecule has 0 spiro atoms. The Morgan fingerprint density at radius 1 is 1.28 bits per heavy atom. The number of nitrogens with one attached hydrogen (secondary N) is 1. The Kier molecular flexibility index (Phi) is 6.67. The minimum absolute atomic E-state index is 0.0287. The van der Waals surface area contributed by atoms with Gasteiger partial charge in [-0.2, -0.15) is 0 Å². The SMILES string of the molecule is C[C@H]1CN(C(=O)NCc2cccc(COC3CCOCC3)c2)CCO1. The lowest BCUT2D eigenvalue weighted by Crippen LogP contribution is -2.48. The summed E-state index contributed by atoms with van der Waals surface area (Å²) in [7, 11) is 0. The first-order chi connectivity index (χ1) is 12.2. The molecule has 0 saturated carbocycles. The lowest BCUT2D eigenvalue weighted by atomic mass is 10.1. The summed E-state index contributed by atoms with van der Waals surface area (Å²) in [5.41, 5.74) is 2.22. The molecule has 2 aliphatic heterocycles. The summed E-state index contributed by atoms with van der Waals surface area (Å²) in [6.45, 7) is 6.59. The van der Waals surface area contributed by atoms with Crippen LogP contribution in [0.15, 0.2) is 24.3 Å². The summed E-state index contributed by atoms with van der Waals surface area (Å²) in [6.07, 6.45) is 2.33. The van der Waals surface area contributed by atoms with Crippen molar-refractivity contribution in [3.05, 3.63) is 35.4 Å². The van der Waals surface area contributed by atoms with E-state index in [0.29, 0.717) is 39.0 Å². The molecule has 6 heteroatoms. The van der Waals surface area contributed by atoms with Gasteiger partial charge in [0.15, 0.2) is 0 Å². The molecule has 3 rings (SSSR count). The maximum atomic E-state index is 12.3. The third-order valence-electron chi connectivity index (χ3n) is 4.62. The summed E-state index contributed by atoms with van der Waals surface area (Å²) >= 11 is 0. The average molecular weight is 348 g/mol. The molecule has 2 amide bonds. The van der Waals surface area contributed by atoms with Gasteiger partial charge in [-0.05, 0) is 30.9 Å². The van der Waals surface area contributed by atoms with E-state index >= 15 is 0 Å². The fraction of sp³-hybridized carbons (Fsp3) is 0.632. The predicted molar refractivity (Wildman–Crippen MR) is 94.3 cm³/mol. The minimum Gasteiger partial charge on any atom is -0.381 e. The van der Waals surface area contributed by atoms with E-state index in [1.54, 1.807) is 0 Å². The van der Waals surface area contributed by atoms with Crippen LogP contribution in [0, 0.1) is 0 Å². The Labute approximate surface area is 149 Å². The van der Waals surface area contributed by atoms with Gasteiger partial charge in [0.2, 0.25) is 0 Å². The summed E-state index contributed by atoms with van der Waals surface area (Å²) in [4.78, 5) is 14.1. The Hall–Kier alpha value is -1.63. The molecular weight excluding hydrogens is 320 g/mol. The molecule has 0 unspecified atom stereocenters. The van der Waals surface area contributed by atoms with Gasteiger partial charge in [-0.25, -0.2) is 4.79 Å². The molecule has 25 heavy (non-hydrogen) atoms. The highest BCUT2D eigenvalue weighted by atomic mass is 16.5. The van der Waals surface area contributed by atoms with E-state index in [9.17, 15) is 4.79 Å². The second-order valence-electron chi connectivity index (χ2n) is 6.73. The Morgan fingerprint density at radius 3 is 2.88 bits per heavy atom. The average Bonchev–Trinajstić information content (AvgIpc) is 2.66. The number of benzene rings is 1. The number of carbonyl (C=O) groups is 1. The molecule has 0 aliphatic carbocycles. The highest BCUT2D eigenvalue weighted by molar-refractivity contribution is 5.74. The van der Waals surface area contributed by atoms with E-state index < -0.39 is 0 Å². The van der Waals surface area contributed by atoms with Crippen LogP contribution in [0.25, 0.3) is 0 Å². The zero-order valence-electron chi connectivity index (χ0n) is 14.9. The van der Waals surface area contributed by atoms with Crippen molar-refractivity contribution in [2.45, 2.75) is 45.1 Å². The number of rotatable bonds is 5. The molecule has 0 bridgehead atoms. The van der Waals surface area contributed by atoms with E-state index in [2.05, 4.69) is 17.4 Å². The van der Waals surface area contributed by atoms with Gasteiger partial charge in [0.1, 0.15) is 0 Å². The van der Waals surface area contributed by atoms with Gasteiger partial charge in [0.25, 0.3) is 0 Å². The normalized spacial score (nSPS) is 22.0. The largest absolute Gasteiger partial charge is 0.381 e. The van der Waals surface area contributed by atoms with E-state index in [4.69, 9.17) is 14.2 Å². The minimum atomic E-state index is -0.0287. The quantitative estimate of drug-likeness (QED) is 0.887. The van der Waals surface area contributed by atoms with Crippen LogP contribution < -0.4 is 5.32 Å². The maximum absolute atomic E-state index is 12.3. The van der Waals surface area contributed by atoms with Crippen molar-refractivity contribution < 1.29 is 19.0 Å². The lowest BCUT2D eigenvalue weighted by Gasteiger charge is -2.31. The van der Waals surface area contributed by atoms with Crippen LogP contribution >= 0.6 is 0 Å². The zero-order valence-corrected chi connectivity index (χ0v) is 14.9. The molecule has 1 N–H and O–H groups in total. The first-order valence-electron chi connectivity index (χ1n) is 9.12. The second kappa shape index (κ2) is 9.17. The predicted octanol–water partition coefficient (Wildman–Crippen LogP) is 2.31. The molecule has 1 atom stereocenters. The number of hydrogen-bond acceptors (Lipinski definition) is 4. The number of hydrogen-bond donors (Lipinski definition) is 1. The molecule has 0 radical (unpaired) electrons. The van der Waals surface area contributed by atoms with Gasteiger partial charge in [-0.3, -0.25) is 0 Å². The van der Waals surface area contributed by atoms with Crippen LogP contribution in [0.2, 0.25) is 0 Å². The molecule has 2 saturated heterocycles. The number of morpholine rings is 1. The van der Waals surface area contributed by atoms with Gasteiger partial charge < -0.3 is 24.4 Å². The highest BCUT2D eigenvalue weighted by Crippen LogP contribution is 2.14. The molecule has 0 aromatic heterocycles. The van der Waals surface area contributed by atoms with Crippen LogP contribution in [0.4, 0.5) is 4.79 Å². The smallest absolute Gasteiger partial charge is 0.317 e. The molecule has 6 nitrogen and oxygen atoms in total. The Balaban J connectivity index is 1.45. The van der Waals surface area contributed by atoms with Crippen LogP contribution in [-0.2, 0) is 27.4 Å². The van der Waals surface area contributed by atoms with Crippen molar-refractivity contribution >= 4 is 6.03 Å². The molecular formula is C19H28N2O4. The van der Waals surface area contributed by atoms with Gasteiger partial charge in [0.05, 0.1) is 25.4 Å². The fourth-order valence-corrected chi connectivity index (χ4v) is 3.18. The maximum Gasteiger partial charge on any atom is 0.317 e. The van der Waals surface area contributed by atoms with E-state index in [0.717, 1.165) is 37.2 Å². The zero-order chi connectivity index (χ0) is 17.5. The third-order valence-corrected chi connectivity index (χ3v) is 4.62. The number of urea groups is 1. The number of carbonyl (C=O) groups excluding carboxylic acids is 1. The molecule has 1 aromatic rings. The van der Waals surface area contributed by atoms with Crippen LogP contribution in [0.3, 0.4) is 0 Å². The van der Waals surface area contributed by atoms with Crippen LogP contribution in [0.5, 0.6) is 0 Å². The standard InChI is InChI=1S/C19H28N2O4/c1-15-13-21(7-10-24-15)19(22)20-12-16-3-2-4-17(11-16)14-25-18-5-8-23-9-6-18/h2-4,11,15,18H,5-10,12-14H2,1H3,(H,20,22)/t15-/m0/s1. The van der Waals surface area contributed by atoms with E-state index in [1.807, 2.05) is 24.0 Å². The third kappa shape index (κ3) is 5.70. The van der Waals surface area contributed by atoms with Crippen molar-refractivity contribution in [3.63, 3.8) is 0 Å². The Bertz CT molecular complexity index is 560. The van der Waals surface area contributed by atoms with Gasteiger partial charge >= 0.3 is 6.03 Å². The van der Waals surface area contributed by atoms with E-state index in [1.165, 1.54) is 0 Å². The molecule has 2 heterocycles. The molecule has 138 valence electrons. The number of ether oxygens (including phenoxy) is 3. The van der Waals surface area contributed by atoms with Gasteiger partial charge in [-0.15, -0.1) is 0 Å². The summed E-state index contributed by atoms with van der Waals surface area (Å²) in [5, 5.41) is 3.00. The van der Waals surface area contributed by atoms with Crippen molar-refractivity contribution in [2.75, 3.05) is 32.9 Å². The first kappa shape index (κ1) is 18.2. The van der Waals surface area contributed by atoms with E-state index in [-0.39, 0.29) is 12.1 Å². The fourth-order valence-electron chi connectivity index (χ4n) is 3.18. The monoisotopic (exact) mass is 348 g/mol. The number of amides is 2. The molecule has 2 fully saturated rings. The second-order valence-corrected chi connectivity index (χ2v) is 6.73. The van der Waals surface area contributed by atoms with Crippen LogP contribution in [-0.4, -0.2) is 56.0 Å². The van der Waals surface area contributed by atoms with Crippen molar-refractivity contribution in [3.8, 4) is 0 Å². The van der Waals surface area contributed by atoms with Gasteiger partial charge in [0, 0.05) is 32.8 Å².